The molecule has 22 heavy (non-hydrogen) atoms. The van der Waals surface area contributed by atoms with E-state index in [1.54, 1.807) is 11.8 Å². The van der Waals surface area contributed by atoms with Crippen molar-refractivity contribution in [2.24, 2.45) is 0 Å². The summed E-state index contributed by atoms with van der Waals surface area (Å²) in [5.41, 5.74) is 1.04. The van der Waals surface area contributed by atoms with E-state index in [4.69, 9.17) is 0 Å². The van der Waals surface area contributed by atoms with Gasteiger partial charge in [0.2, 0.25) is 5.91 Å². The van der Waals surface area contributed by atoms with Gasteiger partial charge < -0.3 is 5.32 Å². The molecule has 2 rings (SSSR count). The number of carbonyl (C=O) groups is 1. The first-order valence-corrected chi connectivity index (χ1v) is 8.69. The molecule has 1 atom stereocenters. The van der Waals surface area contributed by atoms with Crippen LogP contribution in [0.25, 0.3) is 0 Å². The first kappa shape index (κ1) is 16.6. The third-order valence-corrected chi connectivity index (χ3v) is 4.94. The lowest BCUT2D eigenvalue weighted by Crippen LogP contribution is -2.36. The van der Waals surface area contributed by atoms with Crippen molar-refractivity contribution in [2.45, 2.75) is 42.9 Å². The van der Waals surface area contributed by atoms with E-state index in [0.717, 1.165) is 23.3 Å². The van der Waals surface area contributed by atoms with Crippen LogP contribution in [0.1, 0.15) is 37.5 Å². The van der Waals surface area contributed by atoms with Gasteiger partial charge in [-0.2, -0.15) is 0 Å². The van der Waals surface area contributed by atoms with Gasteiger partial charge in [-0.25, -0.2) is 0 Å². The van der Waals surface area contributed by atoms with E-state index < -0.39 is 0 Å². The average molecular weight is 313 g/mol. The molecular weight excluding hydrogens is 290 g/mol. The molecule has 1 N–H and O–H groups in total. The summed E-state index contributed by atoms with van der Waals surface area (Å²) in [5, 5.41) is 2.96. The van der Waals surface area contributed by atoms with Crippen molar-refractivity contribution in [1.82, 2.24) is 5.32 Å². The molecule has 0 radical (unpaired) electrons. The van der Waals surface area contributed by atoms with Crippen LogP contribution in [0.3, 0.4) is 0 Å². The molecule has 0 heterocycles. The summed E-state index contributed by atoms with van der Waals surface area (Å²) in [4.78, 5) is 13.9. The van der Waals surface area contributed by atoms with Crippen molar-refractivity contribution in [2.75, 3.05) is 0 Å². The SMILES string of the molecule is CCC(CC)NC(=O)[C@@H](Sc1ccccc1)c1ccccc1. The lowest BCUT2D eigenvalue weighted by molar-refractivity contribution is -0.121. The van der Waals surface area contributed by atoms with Crippen LogP contribution >= 0.6 is 11.8 Å². The van der Waals surface area contributed by atoms with Crippen LogP contribution in [0.4, 0.5) is 0 Å². The highest BCUT2D eigenvalue weighted by atomic mass is 32.2. The largest absolute Gasteiger partial charge is 0.352 e. The molecule has 1 amide bonds. The van der Waals surface area contributed by atoms with Crippen LogP contribution in [-0.2, 0) is 4.79 Å². The fourth-order valence-corrected chi connectivity index (χ4v) is 3.36. The summed E-state index contributed by atoms with van der Waals surface area (Å²) in [6.07, 6.45) is 1.92. The highest BCUT2D eigenvalue weighted by Gasteiger charge is 2.23. The standard InChI is InChI=1S/C19H23NOS/c1-3-16(4-2)20-19(21)18(15-11-7-5-8-12-15)22-17-13-9-6-10-14-17/h5-14,16,18H,3-4H2,1-2H3,(H,20,21)/t18-/m0/s1. The minimum Gasteiger partial charge on any atom is -0.352 e. The molecule has 2 aromatic rings. The first-order valence-electron chi connectivity index (χ1n) is 7.81. The smallest absolute Gasteiger partial charge is 0.238 e. The fourth-order valence-electron chi connectivity index (χ4n) is 2.31. The number of rotatable bonds is 7. The predicted octanol–water partition coefficient (Wildman–Crippen LogP) is 4.82. The van der Waals surface area contributed by atoms with Crippen LogP contribution in [-0.4, -0.2) is 11.9 Å². The van der Waals surface area contributed by atoms with Crippen molar-refractivity contribution < 1.29 is 4.79 Å². The van der Waals surface area contributed by atoms with Gasteiger partial charge in [-0.3, -0.25) is 4.79 Å². The van der Waals surface area contributed by atoms with E-state index in [1.165, 1.54) is 0 Å². The molecule has 2 aromatic carbocycles. The molecule has 0 saturated carbocycles. The summed E-state index contributed by atoms with van der Waals surface area (Å²) >= 11 is 1.60. The Labute approximate surface area is 137 Å². The lowest BCUT2D eigenvalue weighted by Gasteiger charge is -2.21. The second-order valence-electron chi connectivity index (χ2n) is 5.24. The van der Waals surface area contributed by atoms with Crippen LogP contribution in [0.2, 0.25) is 0 Å². The van der Waals surface area contributed by atoms with E-state index in [1.807, 2.05) is 60.7 Å². The Balaban J connectivity index is 2.20. The van der Waals surface area contributed by atoms with E-state index >= 15 is 0 Å². The molecule has 2 nitrogen and oxygen atoms in total. The number of nitrogens with one attached hydrogen (secondary N) is 1. The second kappa shape index (κ2) is 8.64. The molecule has 0 spiro atoms. The Morgan fingerprint density at radius 1 is 0.955 bits per heavy atom. The normalized spacial score (nSPS) is 12.1. The fraction of sp³-hybridized carbons (Fsp3) is 0.316. The molecule has 0 bridgehead atoms. The average Bonchev–Trinajstić information content (AvgIpc) is 2.59. The molecule has 0 fully saturated rings. The molecule has 0 aliphatic carbocycles. The van der Waals surface area contributed by atoms with E-state index in [0.29, 0.717) is 0 Å². The van der Waals surface area contributed by atoms with Crippen LogP contribution in [0.15, 0.2) is 65.6 Å². The quantitative estimate of drug-likeness (QED) is 0.742. The Morgan fingerprint density at radius 3 is 2.05 bits per heavy atom. The molecule has 0 saturated heterocycles. The molecule has 0 aliphatic heterocycles. The summed E-state index contributed by atoms with van der Waals surface area (Å²) < 4.78 is 0. The zero-order valence-electron chi connectivity index (χ0n) is 13.2. The predicted molar refractivity (Wildman–Crippen MR) is 94.0 cm³/mol. The number of hydrogen-bond donors (Lipinski definition) is 1. The summed E-state index contributed by atoms with van der Waals surface area (Å²) in [7, 11) is 0. The van der Waals surface area contributed by atoms with Gasteiger partial charge in [-0.05, 0) is 30.5 Å². The first-order chi connectivity index (χ1) is 10.7. The number of thioether (sulfide) groups is 1. The van der Waals surface area contributed by atoms with Crippen molar-refractivity contribution in [3.05, 3.63) is 66.2 Å². The molecule has 0 aliphatic rings. The Hall–Kier alpha value is -1.74. The molecule has 0 aromatic heterocycles. The van der Waals surface area contributed by atoms with Gasteiger partial charge in [0.25, 0.3) is 0 Å². The van der Waals surface area contributed by atoms with Crippen LogP contribution in [0, 0.1) is 0 Å². The summed E-state index contributed by atoms with van der Waals surface area (Å²) in [6.45, 7) is 4.21. The third-order valence-electron chi connectivity index (χ3n) is 3.67. The minimum atomic E-state index is -0.218. The van der Waals surface area contributed by atoms with E-state index in [2.05, 4.69) is 19.2 Å². The van der Waals surface area contributed by atoms with Gasteiger partial charge in [0.1, 0.15) is 5.25 Å². The van der Waals surface area contributed by atoms with Gasteiger partial charge in [0.15, 0.2) is 0 Å². The van der Waals surface area contributed by atoms with Crippen LogP contribution < -0.4 is 5.32 Å². The van der Waals surface area contributed by atoms with Crippen molar-refractivity contribution in [3.8, 4) is 0 Å². The zero-order chi connectivity index (χ0) is 15.8. The van der Waals surface area contributed by atoms with Gasteiger partial charge in [0, 0.05) is 10.9 Å². The highest BCUT2D eigenvalue weighted by molar-refractivity contribution is 8.00. The van der Waals surface area contributed by atoms with Gasteiger partial charge in [-0.1, -0.05) is 62.4 Å². The third kappa shape index (κ3) is 4.63. The van der Waals surface area contributed by atoms with E-state index in [9.17, 15) is 4.79 Å². The van der Waals surface area contributed by atoms with Gasteiger partial charge in [-0.15, -0.1) is 11.8 Å². The van der Waals surface area contributed by atoms with E-state index in [-0.39, 0.29) is 17.2 Å². The second-order valence-corrected chi connectivity index (χ2v) is 6.42. The maximum absolute atomic E-state index is 12.7. The Morgan fingerprint density at radius 2 is 1.50 bits per heavy atom. The molecule has 0 unspecified atom stereocenters. The van der Waals surface area contributed by atoms with Crippen molar-refractivity contribution >= 4 is 17.7 Å². The summed E-state index contributed by atoms with van der Waals surface area (Å²) in [5.74, 6) is 0.0914. The minimum absolute atomic E-state index is 0.0914. The van der Waals surface area contributed by atoms with Gasteiger partial charge in [0.05, 0.1) is 0 Å². The topological polar surface area (TPSA) is 29.1 Å². The van der Waals surface area contributed by atoms with Gasteiger partial charge >= 0.3 is 0 Å². The lowest BCUT2D eigenvalue weighted by atomic mass is 10.1. The number of carbonyl (C=O) groups excluding carboxylic acids is 1. The number of hydrogen-bond acceptors (Lipinski definition) is 2. The highest BCUT2D eigenvalue weighted by Crippen LogP contribution is 2.35. The van der Waals surface area contributed by atoms with Crippen LogP contribution in [0.5, 0.6) is 0 Å². The number of benzene rings is 2. The maximum atomic E-state index is 12.7. The van der Waals surface area contributed by atoms with Crippen molar-refractivity contribution in [1.29, 1.82) is 0 Å². The Kier molecular flexibility index (Phi) is 6.53. The molecular formula is C19H23NOS. The monoisotopic (exact) mass is 313 g/mol. The molecule has 3 heteroatoms. The zero-order valence-corrected chi connectivity index (χ0v) is 14.0. The summed E-state index contributed by atoms with van der Waals surface area (Å²) in [6, 6.07) is 20.3. The maximum Gasteiger partial charge on any atom is 0.238 e. The number of amides is 1. The Bertz CT molecular complexity index is 567. The van der Waals surface area contributed by atoms with Crippen molar-refractivity contribution in [3.63, 3.8) is 0 Å². The molecule has 116 valence electrons.